The number of hydrogen-bond donors (Lipinski definition) is 6. The molecule has 0 aromatic carbocycles. The van der Waals surface area contributed by atoms with Crippen molar-refractivity contribution in [2.24, 2.45) is 0 Å². The highest BCUT2D eigenvalue weighted by molar-refractivity contribution is 5.76. The second kappa shape index (κ2) is 23.5. The number of hydrogen-bond acceptors (Lipinski definition) is 8. The van der Waals surface area contributed by atoms with Crippen molar-refractivity contribution in [3.05, 3.63) is 12.2 Å². The van der Waals surface area contributed by atoms with Crippen molar-refractivity contribution >= 4 is 5.91 Å². The molecule has 40 heavy (non-hydrogen) atoms. The van der Waals surface area contributed by atoms with E-state index in [4.69, 9.17) is 9.47 Å². The Morgan fingerprint density at radius 3 is 1.95 bits per heavy atom. The molecule has 236 valence electrons. The van der Waals surface area contributed by atoms with Crippen LogP contribution in [0.5, 0.6) is 0 Å². The first-order valence-electron chi connectivity index (χ1n) is 15.9. The minimum atomic E-state index is -1.56. The Labute approximate surface area is 242 Å². The minimum Gasteiger partial charge on any atom is -0.394 e. The number of allylic oxidation sites excluding steroid dienone is 1. The van der Waals surface area contributed by atoms with Gasteiger partial charge in [0.1, 0.15) is 24.4 Å². The zero-order valence-corrected chi connectivity index (χ0v) is 25.1. The lowest BCUT2D eigenvalue weighted by molar-refractivity contribution is -0.302. The van der Waals surface area contributed by atoms with E-state index in [1.165, 1.54) is 64.2 Å². The maximum Gasteiger partial charge on any atom is 0.220 e. The molecule has 0 bridgehead atoms. The van der Waals surface area contributed by atoms with Gasteiger partial charge in [0.15, 0.2) is 6.29 Å². The third kappa shape index (κ3) is 15.8. The summed E-state index contributed by atoms with van der Waals surface area (Å²) in [5, 5.41) is 53.2. The first kappa shape index (κ1) is 37.0. The Bertz CT molecular complexity index is 647. The molecule has 1 rings (SSSR count). The van der Waals surface area contributed by atoms with Crippen LogP contribution < -0.4 is 5.32 Å². The van der Waals surface area contributed by atoms with Crippen molar-refractivity contribution < 1.29 is 39.8 Å². The highest BCUT2D eigenvalue weighted by Crippen LogP contribution is 2.22. The summed E-state index contributed by atoms with van der Waals surface area (Å²) in [6.45, 7) is 3.55. The number of amides is 1. The molecule has 1 aliphatic heterocycles. The highest BCUT2D eigenvalue weighted by atomic mass is 16.7. The summed E-state index contributed by atoms with van der Waals surface area (Å²) in [5.41, 5.74) is 0. The van der Waals surface area contributed by atoms with E-state index in [0.717, 1.165) is 38.5 Å². The number of unbranched alkanes of at least 4 members (excludes halogenated alkanes) is 14. The Hall–Kier alpha value is -1.07. The van der Waals surface area contributed by atoms with Crippen molar-refractivity contribution in [2.45, 2.75) is 166 Å². The molecule has 7 atom stereocenters. The van der Waals surface area contributed by atoms with Crippen LogP contribution in [0.15, 0.2) is 12.2 Å². The van der Waals surface area contributed by atoms with Gasteiger partial charge in [0, 0.05) is 6.42 Å². The van der Waals surface area contributed by atoms with E-state index >= 15 is 0 Å². The Morgan fingerprint density at radius 1 is 0.825 bits per heavy atom. The molecule has 0 spiro atoms. The lowest BCUT2D eigenvalue weighted by atomic mass is 9.99. The van der Waals surface area contributed by atoms with Crippen LogP contribution in [-0.2, 0) is 14.3 Å². The minimum absolute atomic E-state index is 0.188. The predicted octanol–water partition coefficient (Wildman–Crippen LogP) is 3.88. The standard InChI is InChI=1S/C31H59NO8/c1-3-5-7-8-9-10-11-12-13-14-15-16-17-19-20-25(34)24(32-27(35)21-18-6-4-2)23-39-31-30(38)29(37)28(36)26(22-33)40-31/h19-20,24-26,28-31,33-34,36-38H,3-18,21-23H2,1-2H3,(H,32,35)/b20-19+. The summed E-state index contributed by atoms with van der Waals surface area (Å²) >= 11 is 0. The number of aliphatic hydroxyl groups excluding tert-OH is 5. The third-order valence-electron chi connectivity index (χ3n) is 7.61. The lowest BCUT2D eigenvalue weighted by Gasteiger charge is -2.40. The van der Waals surface area contributed by atoms with E-state index in [0.29, 0.717) is 6.42 Å². The molecule has 9 nitrogen and oxygen atoms in total. The van der Waals surface area contributed by atoms with Gasteiger partial charge < -0.3 is 40.3 Å². The van der Waals surface area contributed by atoms with Crippen LogP contribution in [0.2, 0.25) is 0 Å². The van der Waals surface area contributed by atoms with Crippen LogP contribution >= 0.6 is 0 Å². The van der Waals surface area contributed by atoms with Crippen LogP contribution in [-0.4, -0.2) is 87.5 Å². The van der Waals surface area contributed by atoms with Crippen molar-refractivity contribution in [3.8, 4) is 0 Å². The smallest absolute Gasteiger partial charge is 0.220 e. The van der Waals surface area contributed by atoms with Crippen LogP contribution in [0.4, 0.5) is 0 Å². The highest BCUT2D eigenvalue weighted by Gasteiger charge is 2.44. The van der Waals surface area contributed by atoms with Gasteiger partial charge in [0.25, 0.3) is 0 Å². The van der Waals surface area contributed by atoms with Gasteiger partial charge in [-0.3, -0.25) is 4.79 Å². The monoisotopic (exact) mass is 573 g/mol. The van der Waals surface area contributed by atoms with Crippen LogP contribution in [0, 0.1) is 0 Å². The van der Waals surface area contributed by atoms with E-state index in [2.05, 4.69) is 19.2 Å². The molecule has 1 aliphatic rings. The van der Waals surface area contributed by atoms with E-state index in [1.54, 1.807) is 6.08 Å². The molecule has 7 unspecified atom stereocenters. The Balaban J connectivity index is 2.44. The number of ether oxygens (including phenoxy) is 2. The largest absolute Gasteiger partial charge is 0.394 e. The van der Waals surface area contributed by atoms with Crippen molar-refractivity contribution in [2.75, 3.05) is 13.2 Å². The number of carbonyl (C=O) groups is 1. The zero-order valence-electron chi connectivity index (χ0n) is 25.1. The van der Waals surface area contributed by atoms with Crippen molar-refractivity contribution in [1.29, 1.82) is 0 Å². The van der Waals surface area contributed by atoms with Gasteiger partial charge in [0.05, 0.1) is 25.4 Å². The molecule has 0 aromatic heterocycles. The predicted molar refractivity (Wildman–Crippen MR) is 157 cm³/mol. The van der Waals surface area contributed by atoms with Gasteiger partial charge in [0.2, 0.25) is 5.91 Å². The van der Waals surface area contributed by atoms with Crippen molar-refractivity contribution in [1.82, 2.24) is 5.32 Å². The molecule has 0 radical (unpaired) electrons. The molecule has 1 fully saturated rings. The number of rotatable bonds is 24. The van der Waals surface area contributed by atoms with E-state index < -0.39 is 49.5 Å². The summed E-state index contributed by atoms with van der Waals surface area (Å²) in [5.74, 6) is -0.204. The van der Waals surface area contributed by atoms with Gasteiger partial charge in [-0.05, 0) is 19.3 Å². The number of aliphatic hydroxyl groups is 5. The van der Waals surface area contributed by atoms with Crippen LogP contribution in [0.3, 0.4) is 0 Å². The summed E-state index contributed by atoms with van der Waals surface area (Å²) in [6, 6.07) is -0.792. The average Bonchev–Trinajstić information content (AvgIpc) is 2.95. The quantitative estimate of drug-likeness (QED) is 0.0753. The Kier molecular flexibility index (Phi) is 21.7. The maximum absolute atomic E-state index is 12.5. The average molecular weight is 574 g/mol. The molecule has 6 N–H and O–H groups in total. The first-order valence-corrected chi connectivity index (χ1v) is 15.9. The van der Waals surface area contributed by atoms with Crippen molar-refractivity contribution in [3.63, 3.8) is 0 Å². The molecule has 0 aromatic rings. The van der Waals surface area contributed by atoms with E-state index in [-0.39, 0.29) is 12.5 Å². The molecule has 9 heteroatoms. The molecule has 1 amide bonds. The Morgan fingerprint density at radius 2 is 1.38 bits per heavy atom. The molecule has 1 saturated heterocycles. The molecule has 1 heterocycles. The summed E-state index contributed by atoms with van der Waals surface area (Å²) in [4.78, 5) is 12.5. The fourth-order valence-corrected chi connectivity index (χ4v) is 4.92. The fourth-order valence-electron chi connectivity index (χ4n) is 4.92. The second-order valence-electron chi connectivity index (χ2n) is 11.3. The van der Waals surface area contributed by atoms with E-state index in [9.17, 15) is 30.3 Å². The maximum atomic E-state index is 12.5. The second-order valence-corrected chi connectivity index (χ2v) is 11.3. The topological polar surface area (TPSA) is 149 Å². The molecular weight excluding hydrogens is 514 g/mol. The van der Waals surface area contributed by atoms with E-state index in [1.807, 2.05) is 6.08 Å². The van der Waals surface area contributed by atoms with Gasteiger partial charge in [-0.15, -0.1) is 0 Å². The molecule has 0 saturated carbocycles. The third-order valence-corrected chi connectivity index (χ3v) is 7.61. The number of nitrogens with one attached hydrogen (secondary N) is 1. The first-order chi connectivity index (χ1) is 19.3. The van der Waals surface area contributed by atoms with Gasteiger partial charge in [-0.25, -0.2) is 0 Å². The van der Waals surface area contributed by atoms with Gasteiger partial charge in [-0.1, -0.05) is 109 Å². The summed E-state index contributed by atoms with van der Waals surface area (Å²) in [6.07, 6.45) is 14.8. The normalized spacial score (nSPS) is 24.8. The van der Waals surface area contributed by atoms with Gasteiger partial charge in [-0.2, -0.15) is 0 Å². The van der Waals surface area contributed by atoms with Crippen LogP contribution in [0.1, 0.15) is 123 Å². The summed E-state index contributed by atoms with van der Waals surface area (Å²) < 4.78 is 11.0. The lowest BCUT2D eigenvalue weighted by Crippen LogP contribution is -2.60. The number of carbonyl (C=O) groups excluding carboxylic acids is 1. The molecular formula is C31H59NO8. The zero-order chi connectivity index (χ0) is 29.6. The molecule has 0 aliphatic carbocycles. The SMILES string of the molecule is CCCCCCCCCCCCCC/C=C/C(O)C(COC1OC(CO)C(O)C(O)C1O)NC(=O)CCCCC. The summed E-state index contributed by atoms with van der Waals surface area (Å²) in [7, 11) is 0. The fraction of sp³-hybridized carbons (Fsp3) is 0.903. The van der Waals surface area contributed by atoms with Crippen LogP contribution in [0.25, 0.3) is 0 Å². The van der Waals surface area contributed by atoms with Gasteiger partial charge >= 0.3 is 0 Å².